The van der Waals surface area contributed by atoms with Gasteiger partial charge in [0.25, 0.3) is 0 Å². The van der Waals surface area contributed by atoms with Crippen molar-refractivity contribution in [3.8, 4) is 113 Å². The third-order valence-electron chi connectivity index (χ3n) is 14.8. The molecule has 72 heavy (non-hydrogen) atoms. The van der Waals surface area contributed by atoms with Crippen LogP contribution in [0, 0.1) is 0 Å². The number of aromatic nitrogens is 6. The minimum absolute atomic E-state index is 0.386. The summed E-state index contributed by atoms with van der Waals surface area (Å²) < 4.78 is 0. The van der Waals surface area contributed by atoms with E-state index < -0.39 is 0 Å². The summed E-state index contributed by atoms with van der Waals surface area (Å²) in [5.41, 5.74) is 19.6. The molecule has 342 valence electrons. The molecule has 2 aliphatic rings. The predicted octanol–water partition coefficient (Wildman–Crippen LogP) is 16.0. The molecule has 2 aromatic heterocycles. The van der Waals surface area contributed by atoms with E-state index in [1.807, 2.05) is 72.8 Å². The Bertz CT molecular complexity index is 3500. The molecule has 0 aliphatic heterocycles. The first-order valence-electron chi connectivity index (χ1n) is 24.6. The summed E-state index contributed by atoms with van der Waals surface area (Å²) >= 11 is 0. The standard InChI is InChI=1S/C66H48N6/c1-65(2)53-39-52-54(40-51(53)57-49(41-23-11-5-12-24-41)35-47(37-55(57)65)63-69-59(43-27-15-7-16-28-43)67-60(70-63)44-29-17-8-18-30-44)66(3,4)56-38-48(36-50(58(52)56)42-25-13-6-14-26-42)64-71-61(45-31-19-9-20-32-45)68-62(72-64)46-33-21-10-22-34-46/h5-40H,1-4H3. The summed E-state index contributed by atoms with van der Waals surface area (Å²) in [6.07, 6.45) is 0. The zero-order chi connectivity index (χ0) is 48.6. The molecular formula is C66H48N6. The summed E-state index contributed by atoms with van der Waals surface area (Å²) in [4.78, 5) is 31.0. The van der Waals surface area contributed by atoms with Crippen LogP contribution in [0.15, 0.2) is 218 Å². The second kappa shape index (κ2) is 16.9. The molecule has 6 heteroatoms. The van der Waals surface area contributed by atoms with Gasteiger partial charge in [-0.25, -0.2) is 29.9 Å². The molecule has 0 fully saturated rings. The first kappa shape index (κ1) is 43.1. The van der Waals surface area contributed by atoms with Crippen molar-refractivity contribution in [1.29, 1.82) is 0 Å². The molecule has 0 saturated carbocycles. The Morgan fingerprint density at radius 2 is 0.458 bits per heavy atom. The van der Waals surface area contributed by atoms with Crippen molar-refractivity contribution in [3.05, 3.63) is 241 Å². The molecule has 0 unspecified atom stereocenters. The molecule has 0 saturated heterocycles. The maximum Gasteiger partial charge on any atom is 0.164 e. The smallest absolute Gasteiger partial charge is 0.164 e. The van der Waals surface area contributed by atoms with Crippen LogP contribution in [-0.2, 0) is 10.8 Å². The quantitative estimate of drug-likeness (QED) is 0.151. The number of nitrogens with zero attached hydrogens (tertiary/aromatic N) is 6. The van der Waals surface area contributed by atoms with Gasteiger partial charge in [0, 0.05) is 44.2 Å². The van der Waals surface area contributed by atoms with Gasteiger partial charge in [0.15, 0.2) is 34.9 Å². The molecule has 2 aliphatic carbocycles. The lowest BCUT2D eigenvalue weighted by Gasteiger charge is -2.24. The molecule has 0 radical (unpaired) electrons. The molecule has 11 aromatic rings. The number of benzene rings is 9. The fourth-order valence-corrected chi connectivity index (χ4v) is 11.0. The van der Waals surface area contributed by atoms with Crippen LogP contribution < -0.4 is 0 Å². The minimum Gasteiger partial charge on any atom is -0.208 e. The van der Waals surface area contributed by atoms with E-state index >= 15 is 0 Å². The maximum absolute atomic E-state index is 5.22. The Kier molecular flexibility index (Phi) is 10.1. The van der Waals surface area contributed by atoms with Gasteiger partial charge in [0.05, 0.1) is 0 Å². The first-order chi connectivity index (χ1) is 35.2. The molecule has 0 amide bonds. The van der Waals surface area contributed by atoms with E-state index in [2.05, 4.69) is 173 Å². The Morgan fingerprint density at radius 3 is 0.722 bits per heavy atom. The molecule has 9 aromatic carbocycles. The lowest BCUT2D eigenvalue weighted by atomic mass is 9.79. The fraction of sp³-hybridized carbons (Fsp3) is 0.0909. The molecule has 13 rings (SSSR count). The fourth-order valence-electron chi connectivity index (χ4n) is 11.0. The number of hydrogen-bond acceptors (Lipinski definition) is 6. The first-order valence-corrected chi connectivity index (χ1v) is 24.6. The second-order valence-electron chi connectivity index (χ2n) is 19.9. The Balaban J connectivity index is 1.01. The van der Waals surface area contributed by atoms with Gasteiger partial charge in [0.2, 0.25) is 0 Å². The topological polar surface area (TPSA) is 77.3 Å². The molecular weight excluding hydrogens is 877 g/mol. The van der Waals surface area contributed by atoms with Gasteiger partial charge in [0.1, 0.15) is 0 Å². The van der Waals surface area contributed by atoms with Gasteiger partial charge in [-0.1, -0.05) is 210 Å². The van der Waals surface area contributed by atoms with E-state index in [1.165, 1.54) is 44.5 Å². The summed E-state index contributed by atoms with van der Waals surface area (Å²) in [6.45, 7) is 9.49. The average molecular weight is 925 g/mol. The van der Waals surface area contributed by atoms with Crippen molar-refractivity contribution in [2.75, 3.05) is 0 Å². The van der Waals surface area contributed by atoms with Crippen molar-refractivity contribution < 1.29 is 0 Å². The third-order valence-corrected chi connectivity index (χ3v) is 14.8. The molecule has 0 spiro atoms. The number of fused-ring (bicyclic) bond motifs is 6. The average Bonchev–Trinajstić information content (AvgIpc) is 3.81. The number of rotatable bonds is 8. The van der Waals surface area contributed by atoms with E-state index in [1.54, 1.807) is 0 Å². The van der Waals surface area contributed by atoms with Crippen LogP contribution in [0.25, 0.3) is 113 Å². The van der Waals surface area contributed by atoms with Crippen LogP contribution in [0.4, 0.5) is 0 Å². The summed E-state index contributed by atoms with van der Waals surface area (Å²) in [5.74, 6) is 3.84. The molecule has 0 atom stereocenters. The highest BCUT2D eigenvalue weighted by Crippen LogP contribution is 2.60. The van der Waals surface area contributed by atoms with Crippen LogP contribution in [0.1, 0.15) is 49.9 Å². The second-order valence-corrected chi connectivity index (χ2v) is 19.9. The van der Waals surface area contributed by atoms with Crippen LogP contribution in [0.5, 0.6) is 0 Å². The molecule has 0 bridgehead atoms. The lowest BCUT2D eigenvalue weighted by Crippen LogP contribution is -2.17. The van der Waals surface area contributed by atoms with Crippen LogP contribution >= 0.6 is 0 Å². The van der Waals surface area contributed by atoms with Crippen LogP contribution in [0.2, 0.25) is 0 Å². The highest BCUT2D eigenvalue weighted by molar-refractivity contribution is 6.01. The van der Waals surface area contributed by atoms with Crippen molar-refractivity contribution in [2.45, 2.75) is 38.5 Å². The molecule has 0 N–H and O–H groups in total. The SMILES string of the molecule is CC1(C)c2cc3c(cc2-c2c(-c4ccccc4)cc(-c4nc(-c5ccccc5)nc(-c5ccccc5)n4)cc21)C(C)(C)c1cc(-c2nc(-c4ccccc4)nc(-c4ccccc4)n2)cc(-c2ccccc2)c1-3. The minimum atomic E-state index is -0.386. The highest BCUT2D eigenvalue weighted by atomic mass is 15.0. The third kappa shape index (κ3) is 7.17. The molecule has 6 nitrogen and oxygen atoms in total. The van der Waals surface area contributed by atoms with Crippen molar-refractivity contribution in [2.24, 2.45) is 0 Å². The maximum atomic E-state index is 5.22. The Morgan fingerprint density at radius 1 is 0.222 bits per heavy atom. The zero-order valence-electron chi connectivity index (χ0n) is 40.5. The molecule has 2 heterocycles. The Labute approximate surface area is 419 Å². The van der Waals surface area contributed by atoms with E-state index in [-0.39, 0.29) is 10.8 Å². The van der Waals surface area contributed by atoms with Gasteiger partial charge in [-0.05, 0) is 103 Å². The van der Waals surface area contributed by atoms with E-state index in [9.17, 15) is 0 Å². The summed E-state index contributed by atoms with van der Waals surface area (Å²) in [5, 5.41) is 0. The monoisotopic (exact) mass is 924 g/mol. The summed E-state index contributed by atoms with van der Waals surface area (Å²) in [7, 11) is 0. The van der Waals surface area contributed by atoms with Crippen molar-refractivity contribution in [3.63, 3.8) is 0 Å². The normalized spacial score (nSPS) is 13.5. The van der Waals surface area contributed by atoms with Gasteiger partial charge < -0.3 is 0 Å². The zero-order valence-corrected chi connectivity index (χ0v) is 40.5. The van der Waals surface area contributed by atoms with Gasteiger partial charge >= 0.3 is 0 Å². The van der Waals surface area contributed by atoms with E-state index in [0.717, 1.165) is 55.6 Å². The van der Waals surface area contributed by atoms with Gasteiger partial charge in [-0.3, -0.25) is 0 Å². The largest absolute Gasteiger partial charge is 0.208 e. The number of hydrogen-bond donors (Lipinski definition) is 0. The van der Waals surface area contributed by atoms with Crippen molar-refractivity contribution >= 4 is 0 Å². The van der Waals surface area contributed by atoms with Crippen LogP contribution in [-0.4, -0.2) is 29.9 Å². The van der Waals surface area contributed by atoms with Crippen LogP contribution in [0.3, 0.4) is 0 Å². The van der Waals surface area contributed by atoms with Crippen molar-refractivity contribution in [1.82, 2.24) is 29.9 Å². The highest BCUT2D eigenvalue weighted by Gasteiger charge is 2.44. The predicted molar refractivity (Wildman–Crippen MR) is 292 cm³/mol. The van der Waals surface area contributed by atoms with E-state index in [0.29, 0.717) is 34.9 Å². The van der Waals surface area contributed by atoms with Gasteiger partial charge in [-0.15, -0.1) is 0 Å². The van der Waals surface area contributed by atoms with E-state index in [4.69, 9.17) is 29.9 Å². The van der Waals surface area contributed by atoms with Gasteiger partial charge in [-0.2, -0.15) is 0 Å². The lowest BCUT2D eigenvalue weighted by molar-refractivity contribution is 0.652. The Hall–Kier alpha value is -9.00. The summed E-state index contributed by atoms with van der Waals surface area (Å²) in [6, 6.07) is 76.6.